The van der Waals surface area contributed by atoms with E-state index in [1.807, 2.05) is 0 Å². The van der Waals surface area contributed by atoms with Crippen molar-refractivity contribution in [3.8, 4) is 11.3 Å². The summed E-state index contributed by atoms with van der Waals surface area (Å²) in [5, 5.41) is 7.89. The molecule has 5 nitrogen and oxygen atoms in total. The summed E-state index contributed by atoms with van der Waals surface area (Å²) >= 11 is 9.21. The molecule has 17 heavy (non-hydrogen) atoms. The van der Waals surface area contributed by atoms with Gasteiger partial charge in [-0.3, -0.25) is 0 Å². The van der Waals surface area contributed by atoms with Crippen LogP contribution in [-0.2, 0) is 10.0 Å². The van der Waals surface area contributed by atoms with E-state index in [1.54, 1.807) is 18.2 Å². The van der Waals surface area contributed by atoms with Crippen LogP contribution in [0.25, 0.3) is 11.3 Å². The zero-order chi connectivity index (χ0) is 12.6. The van der Waals surface area contributed by atoms with Crippen LogP contribution in [-0.4, -0.2) is 29.1 Å². The molecule has 0 fully saturated rings. The van der Waals surface area contributed by atoms with Crippen LogP contribution in [0, 0.1) is 0 Å². The van der Waals surface area contributed by atoms with Gasteiger partial charge in [0, 0.05) is 15.1 Å². The van der Waals surface area contributed by atoms with E-state index in [4.69, 9.17) is 11.6 Å². The summed E-state index contributed by atoms with van der Waals surface area (Å²) < 4.78 is 24.1. The predicted octanol–water partition coefficient (Wildman–Crippen LogP) is 2.17. The van der Waals surface area contributed by atoms with E-state index >= 15 is 0 Å². The number of halogens is 2. The molecule has 0 aliphatic carbocycles. The third kappa shape index (κ3) is 2.67. The van der Waals surface area contributed by atoms with Crippen LogP contribution in [0.15, 0.2) is 28.9 Å². The average molecular weight is 337 g/mol. The Morgan fingerprint density at radius 1 is 1.41 bits per heavy atom. The molecule has 0 aliphatic heterocycles. The van der Waals surface area contributed by atoms with Crippen molar-refractivity contribution in [2.24, 2.45) is 0 Å². The van der Waals surface area contributed by atoms with Crippen molar-refractivity contribution in [1.29, 1.82) is 0 Å². The van der Waals surface area contributed by atoms with Gasteiger partial charge in [-0.05, 0) is 18.2 Å². The van der Waals surface area contributed by atoms with Gasteiger partial charge in [0.1, 0.15) is 5.69 Å². The van der Waals surface area contributed by atoms with Crippen molar-refractivity contribution >= 4 is 37.6 Å². The number of benzene rings is 1. The Labute approximate surface area is 112 Å². The minimum atomic E-state index is -3.42. The molecule has 1 heterocycles. The molecule has 90 valence electrons. The lowest BCUT2D eigenvalue weighted by atomic mass is 10.2. The largest absolute Gasteiger partial charge is 0.252 e. The van der Waals surface area contributed by atoms with Crippen LogP contribution in [0.4, 0.5) is 0 Å². The SMILES string of the molecule is CS(=O)(=O)n1cc(-c2cc(Cl)ccc2Br)nn1. The van der Waals surface area contributed by atoms with Gasteiger partial charge in [-0.1, -0.05) is 32.7 Å². The first-order valence-electron chi connectivity index (χ1n) is 4.46. The fraction of sp³-hybridized carbons (Fsp3) is 0.111. The molecule has 1 aromatic carbocycles. The summed E-state index contributed by atoms with van der Waals surface area (Å²) in [7, 11) is -3.42. The van der Waals surface area contributed by atoms with E-state index in [-0.39, 0.29) is 0 Å². The van der Waals surface area contributed by atoms with Crippen LogP contribution in [0.1, 0.15) is 0 Å². The van der Waals surface area contributed by atoms with Crippen molar-refractivity contribution in [3.63, 3.8) is 0 Å². The second-order valence-corrected chi connectivity index (χ2v) is 6.49. The molecular weight excluding hydrogens is 330 g/mol. The van der Waals surface area contributed by atoms with Crippen LogP contribution in [0.2, 0.25) is 5.02 Å². The minimum absolute atomic E-state index is 0.435. The highest BCUT2D eigenvalue weighted by molar-refractivity contribution is 9.10. The van der Waals surface area contributed by atoms with Crippen molar-refractivity contribution < 1.29 is 8.42 Å². The van der Waals surface area contributed by atoms with E-state index < -0.39 is 10.0 Å². The maximum atomic E-state index is 11.3. The van der Waals surface area contributed by atoms with Gasteiger partial charge in [0.15, 0.2) is 0 Å². The van der Waals surface area contributed by atoms with E-state index in [0.29, 0.717) is 16.3 Å². The summed E-state index contributed by atoms with van der Waals surface area (Å²) in [5.74, 6) is 0. The topological polar surface area (TPSA) is 64.8 Å². The standard InChI is InChI=1S/C9H7BrClN3O2S/c1-17(15,16)14-5-9(12-13-14)7-4-6(11)2-3-8(7)10/h2-5H,1H3. The molecular formula is C9H7BrClN3O2S. The molecule has 8 heteroatoms. The maximum Gasteiger partial charge on any atom is 0.252 e. The van der Waals surface area contributed by atoms with E-state index in [2.05, 4.69) is 26.2 Å². The average Bonchev–Trinajstić information content (AvgIpc) is 2.70. The highest BCUT2D eigenvalue weighted by Gasteiger charge is 2.12. The molecule has 2 rings (SSSR count). The normalized spacial score (nSPS) is 11.7. The summed E-state index contributed by atoms with van der Waals surface area (Å²) in [5.41, 5.74) is 1.12. The van der Waals surface area contributed by atoms with Crippen molar-refractivity contribution in [3.05, 3.63) is 33.9 Å². The second-order valence-electron chi connectivity index (χ2n) is 3.36. The molecule has 0 bridgehead atoms. The monoisotopic (exact) mass is 335 g/mol. The van der Waals surface area contributed by atoms with E-state index in [1.165, 1.54) is 6.20 Å². The fourth-order valence-corrected chi connectivity index (χ4v) is 2.31. The van der Waals surface area contributed by atoms with Crippen molar-refractivity contribution in [2.45, 2.75) is 0 Å². The van der Waals surface area contributed by atoms with Gasteiger partial charge in [-0.25, -0.2) is 8.42 Å². The van der Waals surface area contributed by atoms with Gasteiger partial charge >= 0.3 is 0 Å². The molecule has 0 saturated carbocycles. The van der Waals surface area contributed by atoms with Gasteiger partial charge in [0.2, 0.25) is 0 Å². The summed E-state index contributed by atoms with van der Waals surface area (Å²) in [6.45, 7) is 0. The van der Waals surface area contributed by atoms with Gasteiger partial charge < -0.3 is 0 Å². The second kappa shape index (κ2) is 4.40. The Bertz CT molecular complexity index is 669. The van der Waals surface area contributed by atoms with Gasteiger partial charge in [0.25, 0.3) is 10.0 Å². The molecule has 0 radical (unpaired) electrons. The van der Waals surface area contributed by atoms with Crippen LogP contribution < -0.4 is 0 Å². The summed E-state index contributed by atoms with van der Waals surface area (Å²) in [4.78, 5) is 0. The summed E-state index contributed by atoms with van der Waals surface area (Å²) in [6.07, 6.45) is 2.39. The molecule has 0 N–H and O–H groups in total. The number of hydrogen-bond donors (Lipinski definition) is 0. The highest BCUT2D eigenvalue weighted by atomic mass is 79.9. The van der Waals surface area contributed by atoms with E-state index in [9.17, 15) is 8.42 Å². The van der Waals surface area contributed by atoms with Gasteiger partial charge in [-0.15, -0.1) is 9.19 Å². The summed E-state index contributed by atoms with van der Waals surface area (Å²) in [6, 6.07) is 5.16. The Morgan fingerprint density at radius 3 is 2.71 bits per heavy atom. The van der Waals surface area contributed by atoms with E-state index in [0.717, 1.165) is 14.8 Å². The Balaban J connectivity index is 2.55. The van der Waals surface area contributed by atoms with Crippen LogP contribution in [0.3, 0.4) is 0 Å². The maximum absolute atomic E-state index is 11.3. The smallest absolute Gasteiger partial charge is 0.205 e. The Hall–Kier alpha value is -0.920. The zero-order valence-electron chi connectivity index (χ0n) is 8.63. The van der Waals surface area contributed by atoms with Gasteiger partial charge in [-0.2, -0.15) is 0 Å². The lowest BCUT2D eigenvalue weighted by molar-refractivity contribution is 0.583. The lowest BCUT2D eigenvalue weighted by Crippen LogP contribution is -2.10. The molecule has 1 aromatic heterocycles. The van der Waals surface area contributed by atoms with Crippen molar-refractivity contribution in [1.82, 2.24) is 14.4 Å². The fourth-order valence-electron chi connectivity index (χ4n) is 1.23. The molecule has 0 saturated heterocycles. The zero-order valence-corrected chi connectivity index (χ0v) is 11.8. The molecule has 0 amide bonds. The predicted molar refractivity (Wildman–Crippen MR) is 68.4 cm³/mol. The number of aromatic nitrogens is 3. The molecule has 0 unspecified atom stereocenters. The first kappa shape index (κ1) is 12.5. The third-order valence-electron chi connectivity index (χ3n) is 2.02. The lowest BCUT2D eigenvalue weighted by Gasteiger charge is -2.00. The molecule has 2 aromatic rings. The molecule has 0 atom stereocenters. The Morgan fingerprint density at radius 2 is 2.12 bits per heavy atom. The third-order valence-corrected chi connectivity index (χ3v) is 3.80. The minimum Gasteiger partial charge on any atom is -0.205 e. The quantitative estimate of drug-likeness (QED) is 0.843. The van der Waals surface area contributed by atoms with Crippen molar-refractivity contribution in [2.75, 3.05) is 6.26 Å². The molecule has 0 aliphatic rings. The number of rotatable bonds is 2. The number of hydrogen-bond acceptors (Lipinski definition) is 4. The number of nitrogens with zero attached hydrogens (tertiary/aromatic N) is 3. The first-order valence-corrected chi connectivity index (χ1v) is 7.48. The van der Waals surface area contributed by atoms with Gasteiger partial charge in [0.05, 0.1) is 12.5 Å². The first-order chi connectivity index (χ1) is 7.88. The molecule has 0 spiro atoms. The van der Waals surface area contributed by atoms with Crippen LogP contribution >= 0.6 is 27.5 Å². The highest BCUT2D eigenvalue weighted by Crippen LogP contribution is 2.29. The van der Waals surface area contributed by atoms with Crippen LogP contribution in [0.5, 0.6) is 0 Å². The Kier molecular flexibility index (Phi) is 3.24.